The normalized spacial score (nSPS) is 14.4. The van der Waals surface area contributed by atoms with Gasteiger partial charge in [0.25, 0.3) is 0 Å². The van der Waals surface area contributed by atoms with Crippen LogP contribution in [0.5, 0.6) is 0 Å². The number of unbranched alkanes of at least 4 members (excludes halogenated alkanes) is 1. The average molecular weight is 778 g/mol. The van der Waals surface area contributed by atoms with Crippen LogP contribution in [0, 0.1) is 0 Å². The fraction of sp³-hybridized carbons (Fsp3) is 0.472. The zero-order valence-corrected chi connectivity index (χ0v) is 32.5. The van der Waals surface area contributed by atoms with E-state index in [0.29, 0.717) is 41.5 Å². The largest absolute Gasteiger partial charge is 0.444 e. The molecule has 2 heterocycles. The lowest BCUT2D eigenvalue weighted by Gasteiger charge is -2.32. The van der Waals surface area contributed by atoms with E-state index in [1.54, 1.807) is 26.8 Å². The molecule has 15 heteroatoms. The van der Waals surface area contributed by atoms with Gasteiger partial charge in [-0.1, -0.05) is 53.2 Å². The Kier molecular flexibility index (Phi) is 15.4. The van der Waals surface area contributed by atoms with Gasteiger partial charge in [-0.25, -0.2) is 9.78 Å². The number of likely N-dealkylation sites (tertiary alicyclic amines) is 1. The summed E-state index contributed by atoms with van der Waals surface area (Å²) in [4.78, 5) is 56.9. The first kappa shape index (κ1) is 40.4. The van der Waals surface area contributed by atoms with Crippen molar-refractivity contribution in [1.82, 2.24) is 25.8 Å². The SMILES string of the molecule is CC(=O)NCCCC[C@H](NC(=O)OC(C)(C)C)C(=O)Nc1cccc(-c2csc(SCC(=O)NC3CCN(Cc4ccc(Cl)c(Cl)c4)CC3)n2)c1. The second-order valence-corrected chi connectivity index (χ2v) is 16.3. The van der Waals surface area contributed by atoms with Crippen LogP contribution in [-0.2, 0) is 25.7 Å². The highest BCUT2D eigenvalue weighted by Crippen LogP contribution is 2.30. The number of nitrogens with zero attached hydrogens (tertiary/aromatic N) is 2. The molecule has 0 bridgehead atoms. The number of carbonyl (C=O) groups excluding carboxylic acids is 4. The minimum atomic E-state index is -0.837. The molecule has 1 atom stereocenters. The maximum Gasteiger partial charge on any atom is 0.408 e. The lowest BCUT2D eigenvalue weighted by Crippen LogP contribution is -2.45. The molecule has 1 fully saturated rings. The first-order valence-corrected chi connectivity index (χ1v) is 19.6. The van der Waals surface area contributed by atoms with Gasteiger partial charge >= 0.3 is 6.09 Å². The highest BCUT2D eigenvalue weighted by atomic mass is 35.5. The summed E-state index contributed by atoms with van der Waals surface area (Å²) >= 11 is 15.1. The number of ether oxygens (including phenoxy) is 1. The van der Waals surface area contributed by atoms with E-state index in [1.165, 1.54) is 30.0 Å². The molecule has 4 N–H and O–H groups in total. The van der Waals surface area contributed by atoms with Gasteiger partial charge in [0.05, 0.1) is 21.5 Å². The maximum absolute atomic E-state index is 13.3. The van der Waals surface area contributed by atoms with E-state index in [4.69, 9.17) is 32.9 Å². The van der Waals surface area contributed by atoms with Crippen molar-refractivity contribution in [3.05, 3.63) is 63.5 Å². The topological polar surface area (TPSA) is 142 Å². The standard InChI is InChI=1S/C36H46Cl2N6O5S2/c1-23(45)39-15-6-5-10-30(42-34(48)49-36(2,3)4)33(47)41-27-9-7-8-25(19-27)31-21-50-35(43-31)51-22-32(46)40-26-13-16-44(17-14-26)20-24-11-12-28(37)29(38)18-24/h7-9,11-12,18-19,21,26,30H,5-6,10,13-17,20,22H2,1-4H3,(H,39,45)(H,40,46)(H,41,47)(H,42,48)/t30-/m0/s1. The smallest absolute Gasteiger partial charge is 0.408 e. The van der Waals surface area contributed by atoms with E-state index in [2.05, 4.69) is 26.2 Å². The zero-order chi connectivity index (χ0) is 37.0. The van der Waals surface area contributed by atoms with Crippen LogP contribution < -0.4 is 21.3 Å². The number of thiazole rings is 1. The Hall–Kier alpha value is -3.36. The summed E-state index contributed by atoms with van der Waals surface area (Å²) in [6.45, 7) is 9.76. The number of hydrogen-bond donors (Lipinski definition) is 4. The maximum atomic E-state index is 13.3. The molecule has 0 radical (unpaired) electrons. The molecule has 0 spiro atoms. The Labute approximate surface area is 318 Å². The third-order valence-electron chi connectivity index (χ3n) is 7.88. The van der Waals surface area contributed by atoms with Gasteiger partial charge in [0.15, 0.2) is 4.34 Å². The lowest BCUT2D eigenvalue weighted by molar-refractivity contribution is -0.120. The molecule has 0 aliphatic carbocycles. The molecule has 1 saturated heterocycles. The summed E-state index contributed by atoms with van der Waals surface area (Å²) in [5, 5.41) is 14.5. The summed E-state index contributed by atoms with van der Waals surface area (Å²) < 4.78 is 6.15. The Bertz CT molecular complexity index is 1660. The molecule has 276 valence electrons. The van der Waals surface area contributed by atoms with Crippen molar-refractivity contribution in [2.24, 2.45) is 0 Å². The predicted octanol–water partition coefficient (Wildman–Crippen LogP) is 7.13. The van der Waals surface area contributed by atoms with Gasteiger partial charge in [0, 0.05) is 55.8 Å². The number of benzene rings is 2. The van der Waals surface area contributed by atoms with Gasteiger partial charge in [-0.15, -0.1) is 11.3 Å². The van der Waals surface area contributed by atoms with E-state index < -0.39 is 17.7 Å². The minimum Gasteiger partial charge on any atom is -0.444 e. The van der Waals surface area contributed by atoms with Crippen LogP contribution >= 0.6 is 46.3 Å². The van der Waals surface area contributed by atoms with Gasteiger partial charge in [-0.3, -0.25) is 19.3 Å². The summed E-state index contributed by atoms with van der Waals surface area (Å²) in [7, 11) is 0. The lowest BCUT2D eigenvalue weighted by atomic mass is 10.0. The first-order valence-electron chi connectivity index (χ1n) is 16.9. The molecule has 1 aliphatic heterocycles. The first-order chi connectivity index (χ1) is 24.2. The van der Waals surface area contributed by atoms with E-state index in [9.17, 15) is 19.2 Å². The van der Waals surface area contributed by atoms with Gasteiger partial charge < -0.3 is 26.0 Å². The number of alkyl carbamates (subject to hydrolysis) is 1. The number of aromatic nitrogens is 1. The number of hydrogen-bond acceptors (Lipinski definition) is 9. The number of halogens is 2. The number of carbonyl (C=O) groups is 4. The van der Waals surface area contributed by atoms with Crippen LogP contribution in [0.4, 0.5) is 10.5 Å². The molecular weight excluding hydrogens is 731 g/mol. The van der Waals surface area contributed by atoms with Crippen molar-refractivity contribution in [2.45, 2.75) is 88.4 Å². The summed E-state index contributed by atoms with van der Waals surface area (Å²) in [6, 6.07) is 12.3. The molecule has 0 unspecified atom stereocenters. The Morgan fingerprint density at radius 1 is 1.06 bits per heavy atom. The average Bonchev–Trinajstić information content (AvgIpc) is 3.54. The third-order valence-corrected chi connectivity index (χ3v) is 10.6. The Morgan fingerprint density at radius 2 is 1.82 bits per heavy atom. The Morgan fingerprint density at radius 3 is 2.53 bits per heavy atom. The van der Waals surface area contributed by atoms with Crippen molar-refractivity contribution in [3.63, 3.8) is 0 Å². The summed E-state index contributed by atoms with van der Waals surface area (Å²) in [6.07, 6.45) is 2.70. The number of nitrogens with one attached hydrogen (secondary N) is 4. The summed E-state index contributed by atoms with van der Waals surface area (Å²) in [5.41, 5.74) is 2.49. The van der Waals surface area contributed by atoms with Gasteiger partial charge in [0.1, 0.15) is 11.6 Å². The van der Waals surface area contributed by atoms with Crippen molar-refractivity contribution < 1.29 is 23.9 Å². The van der Waals surface area contributed by atoms with Gasteiger partial charge in [0.2, 0.25) is 17.7 Å². The minimum absolute atomic E-state index is 0.0194. The monoisotopic (exact) mass is 776 g/mol. The van der Waals surface area contributed by atoms with E-state index in [1.807, 2.05) is 41.8 Å². The summed E-state index contributed by atoms with van der Waals surface area (Å²) in [5.74, 6) is -0.249. The van der Waals surface area contributed by atoms with E-state index in [-0.39, 0.29) is 29.5 Å². The van der Waals surface area contributed by atoms with Crippen LogP contribution in [0.2, 0.25) is 10.0 Å². The molecule has 2 aromatic carbocycles. The number of rotatable bonds is 15. The van der Waals surface area contributed by atoms with E-state index >= 15 is 0 Å². The molecule has 4 amide bonds. The van der Waals surface area contributed by atoms with Crippen LogP contribution in [0.15, 0.2) is 52.2 Å². The quantitative estimate of drug-likeness (QED) is 0.0944. The molecule has 1 aliphatic rings. The predicted molar refractivity (Wildman–Crippen MR) is 205 cm³/mol. The number of piperidine rings is 1. The molecule has 51 heavy (non-hydrogen) atoms. The molecular formula is C36H46Cl2N6O5S2. The number of amides is 4. The van der Waals surface area contributed by atoms with Crippen molar-refractivity contribution in [2.75, 3.05) is 30.7 Å². The van der Waals surface area contributed by atoms with Crippen LogP contribution in [0.25, 0.3) is 11.3 Å². The highest BCUT2D eigenvalue weighted by molar-refractivity contribution is 8.01. The van der Waals surface area contributed by atoms with Crippen molar-refractivity contribution in [3.8, 4) is 11.3 Å². The molecule has 4 rings (SSSR count). The van der Waals surface area contributed by atoms with Crippen molar-refractivity contribution in [1.29, 1.82) is 0 Å². The van der Waals surface area contributed by atoms with Gasteiger partial charge in [-0.05, 0) is 82.7 Å². The fourth-order valence-electron chi connectivity index (χ4n) is 5.43. The van der Waals surface area contributed by atoms with Gasteiger partial charge in [-0.2, -0.15) is 0 Å². The van der Waals surface area contributed by atoms with Crippen LogP contribution in [-0.4, -0.2) is 76.8 Å². The van der Waals surface area contributed by atoms with Crippen LogP contribution in [0.1, 0.15) is 65.4 Å². The Balaban J connectivity index is 1.25. The molecule has 1 aromatic heterocycles. The van der Waals surface area contributed by atoms with E-state index in [0.717, 1.165) is 53.6 Å². The molecule has 3 aromatic rings. The molecule has 11 nitrogen and oxygen atoms in total. The molecule has 0 saturated carbocycles. The number of thioether (sulfide) groups is 1. The second-order valence-electron chi connectivity index (χ2n) is 13.4. The highest BCUT2D eigenvalue weighted by Gasteiger charge is 2.25. The second kappa shape index (κ2) is 19.5. The number of anilines is 1. The fourth-order valence-corrected chi connectivity index (χ4v) is 7.39. The van der Waals surface area contributed by atoms with Crippen molar-refractivity contribution >= 4 is 75.8 Å². The third kappa shape index (κ3) is 14.3. The van der Waals surface area contributed by atoms with Crippen LogP contribution in [0.3, 0.4) is 0 Å². The zero-order valence-electron chi connectivity index (χ0n) is 29.4.